The predicted molar refractivity (Wildman–Crippen MR) is 53.7 cm³/mol. The van der Waals surface area contributed by atoms with Crippen molar-refractivity contribution in [2.24, 2.45) is 16.2 Å². The van der Waals surface area contributed by atoms with Crippen LogP contribution in [0.5, 0.6) is 0 Å². The molecule has 70 valence electrons. The standard InChI is InChI=1S/C9H17NOS/c1-7-5-8(7)6-10-12(11)9(2,3)4/h6-8H,5H2,1-4H3/t7-,8+,12?/m0/s1. The largest absolute Gasteiger partial charge is 0.591 e. The van der Waals surface area contributed by atoms with Gasteiger partial charge in [-0.1, -0.05) is 11.3 Å². The van der Waals surface area contributed by atoms with Gasteiger partial charge in [0.1, 0.15) is 16.1 Å². The summed E-state index contributed by atoms with van der Waals surface area (Å²) in [6.07, 6.45) is 3.08. The van der Waals surface area contributed by atoms with Gasteiger partial charge in [0.15, 0.2) is 0 Å². The zero-order valence-electron chi connectivity index (χ0n) is 8.20. The molecule has 1 aliphatic carbocycles. The monoisotopic (exact) mass is 187 g/mol. The molecule has 1 rings (SSSR count). The highest BCUT2D eigenvalue weighted by molar-refractivity contribution is 7.91. The minimum Gasteiger partial charge on any atom is -0.591 e. The Morgan fingerprint density at radius 1 is 1.50 bits per heavy atom. The van der Waals surface area contributed by atoms with Crippen molar-refractivity contribution in [3.63, 3.8) is 0 Å². The fourth-order valence-electron chi connectivity index (χ4n) is 0.850. The SMILES string of the molecule is C[C@H]1C[C@@H]1C=N[S+]([O-])C(C)(C)C. The van der Waals surface area contributed by atoms with Crippen molar-refractivity contribution in [2.75, 3.05) is 0 Å². The van der Waals surface area contributed by atoms with E-state index in [9.17, 15) is 4.55 Å². The Bertz CT molecular complexity index is 185. The molecule has 0 amide bonds. The molecule has 0 aliphatic heterocycles. The summed E-state index contributed by atoms with van der Waals surface area (Å²) in [6.45, 7) is 8.01. The molecule has 1 saturated carbocycles. The van der Waals surface area contributed by atoms with E-state index in [0.29, 0.717) is 5.92 Å². The topological polar surface area (TPSA) is 35.4 Å². The Morgan fingerprint density at radius 2 is 2.00 bits per heavy atom. The fourth-order valence-corrected chi connectivity index (χ4v) is 1.43. The first kappa shape index (κ1) is 10.1. The van der Waals surface area contributed by atoms with E-state index >= 15 is 0 Å². The van der Waals surface area contributed by atoms with Crippen LogP contribution in [-0.2, 0) is 11.4 Å². The molecule has 0 bridgehead atoms. The van der Waals surface area contributed by atoms with E-state index in [2.05, 4.69) is 11.3 Å². The van der Waals surface area contributed by atoms with Crippen LogP contribution < -0.4 is 0 Å². The van der Waals surface area contributed by atoms with Gasteiger partial charge in [-0.2, -0.15) is 0 Å². The molecule has 0 spiro atoms. The summed E-state index contributed by atoms with van der Waals surface area (Å²) in [5.41, 5.74) is 0. The van der Waals surface area contributed by atoms with Gasteiger partial charge in [-0.15, -0.1) is 0 Å². The Kier molecular flexibility index (Phi) is 2.84. The number of rotatable bonds is 2. The van der Waals surface area contributed by atoms with Gasteiger partial charge in [0, 0.05) is 5.92 Å². The van der Waals surface area contributed by atoms with Crippen LogP contribution in [-0.4, -0.2) is 15.5 Å². The molecule has 1 aliphatic rings. The minimum absolute atomic E-state index is 0.214. The third-order valence-corrected chi connectivity index (χ3v) is 3.40. The van der Waals surface area contributed by atoms with E-state index in [1.807, 2.05) is 27.0 Å². The van der Waals surface area contributed by atoms with Crippen molar-refractivity contribution in [1.29, 1.82) is 0 Å². The lowest BCUT2D eigenvalue weighted by atomic mass is 10.3. The third kappa shape index (κ3) is 2.79. The molecule has 12 heavy (non-hydrogen) atoms. The van der Waals surface area contributed by atoms with Gasteiger partial charge < -0.3 is 4.55 Å². The van der Waals surface area contributed by atoms with E-state index in [1.165, 1.54) is 6.42 Å². The van der Waals surface area contributed by atoms with Gasteiger partial charge in [0.2, 0.25) is 0 Å². The molecular formula is C9H17NOS. The smallest absolute Gasteiger partial charge is 0.144 e. The quantitative estimate of drug-likeness (QED) is 0.482. The highest BCUT2D eigenvalue weighted by atomic mass is 32.2. The first-order valence-electron chi connectivity index (χ1n) is 4.37. The zero-order valence-corrected chi connectivity index (χ0v) is 9.02. The molecule has 3 atom stereocenters. The van der Waals surface area contributed by atoms with E-state index in [-0.39, 0.29) is 4.75 Å². The van der Waals surface area contributed by atoms with Gasteiger partial charge in [0.25, 0.3) is 0 Å². The lowest BCUT2D eigenvalue weighted by Gasteiger charge is -2.17. The highest BCUT2D eigenvalue weighted by Crippen LogP contribution is 2.36. The molecule has 0 saturated heterocycles. The van der Waals surface area contributed by atoms with E-state index in [4.69, 9.17) is 0 Å². The zero-order chi connectivity index (χ0) is 9.35. The van der Waals surface area contributed by atoms with Crippen LogP contribution in [0.4, 0.5) is 0 Å². The molecule has 0 radical (unpaired) electrons. The highest BCUT2D eigenvalue weighted by Gasteiger charge is 2.33. The summed E-state index contributed by atoms with van der Waals surface area (Å²) in [7, 11) is 0. The van der Waals surface area contributed by atoms with E-state index in [1.54, 1.807) is 0 Å². The van der Waals surface area contributed by atoms with Crippen LogP contribution in [0.15, 0.2) is 4.40 Å². The van der Waals surface area contributed by atoms with E-state index < -0.39 is 11.4 Å². The summed E-state index contributed by atoms with van der Waals surface area (Å²) in [4.78, 5) is 0. The van der Waals surface area contributed by atoms with Crippen molar-refractivity contribution in [1.82, 2.24) is 0 Å². The van der Waals surface area contributed by atoms with Crippen molar-refractivity contribution in [3.05, 3.63) is 0 Å². The lowest BCUT2D eigenvalue weighted by Crippen LogP contribution is -2.25. The lowest BCUT2D eigenvalue weighted by molar-refractivity contribution is 0.561. The van der Waals surface area contributed by atoms with Crippen molar-refractivity contribution in [2.45, 2.75) is 38.9 Å². The van der Waals surface area contributed by atoms with Gasteiger partial charge in [0.05, 0.1) is 6.21 Å². The minimum atomic E-state index is -1.06. The van der Waals surface area contributed by atoms with Crippen LogP contribution in [0.1, 0.15) is 34.1 Å². The maximum Gasteiger partial charge on any atom is 0.144 e. The molecule has 1 fully saturated rings. The normalized spacial score (nSPS) is 32.4. The predicted octanol–water partition coefficient (Wildman–Crippen LogP) is 2.18. The van der Waals surface area contributed by atoms with Crippen molar-refractivity contribution < 1.29 is 4.55 Å². The molecule has 0 N–H and O–H groups in total. The number of nitrogens with zero attached hydrogens (tertiary/aromatic N) is 1. The van der Waals surface area contributed by atoms with Gasteiger partial charge in [-0.25, -0.2) is 0 Å². The average molecular weight is 187 g/mol. The Balaban J connectivity index is 2.35. The first-order valence-corrected chi connectivity index (χ1v) is 5.48. The summed E-state index contributed by atoms with van der Waals surface area (Å²) in [5, 5.41) is 0. The van der Waals surface area contributed by atoms with Crippen LogP contribution >= 0.6 is 0 Å². The second kappa shape index (κ2) is 3.38. The number of hydrogen-bond donors (Lipinski definition) is 0. The maximum absolute atomic E-state index is 11.4. The average Bonchev–Trinajstić information content (AvgIpc) is 2.59. The van der Waals surface area contributed by atoms with Crippen molar-refractivity contribution in [3.8, 4) is 0 Å². The van der Waals surface area contributed by atoms with Crippen LogP contribution in [0.3, 0.4) is 0 Å². The first-order chi connectivity index (χ1) is 5.41. The summed E-state index contributed by atoms with van der Waals surface area (Å²) < 4.78 is 15.3. The summed E-state index contributed by atoms with van der Waals surface area (Å²) in [5.74, 6) is 1.35. The molecular weight excluding hydrogens is 170 g/mol. The van der Waals surface area contributed by atoms with Crippen LogP contribution in [0, 0.1) is 11.8 Å². The van der Waals surface area contributed by atoms with Gasteiger partial charge >= 0.3 is 0 Å². The Morgan fingerprint density at radius 3 is 2.33 bits per heavy atom. The summed E-state index contributed by atoms with van der Waals surface area (Å²) >= 11 is -1.06. The maximum atomic E-state index is 11.4. The van der Waals surface area contributed by atoms with Crippen molar-refractivity contribution >= 4 is 17.6 Å². The molecule has 0 aromatic carbocycles. The Labute approximate surface area is 77.8 Å². The van der Waals surface area contributed by atoms with Gasteiger partial charge in [-0.3, -0.25) is 0 Å². The summed E-state index contributed by atoms with van der Waals surface area (Å²) in [6, 6.07) is 0. The molecule has 3 heteroatoms. The van der Waals surface area contributed by atoms with Gasteiger partial charge in [-0.05, 0) is 33.1 Å². The molecule has 0 heterocycles. The molecule has 2 nitrogen and oxygen atoms in total. The third-order valence-electron chi connectivity index (χ3n) is 2.04. The number of hydrogen-bond acceptors (Lipinski definition) is 2. The fraction of sp³-hybridized carbons (Fsp3) is 0.889. The second-order valence-corrected chi connectivity index (χ2v) is 6.43. The second-order valence-electron chi connectivity index (χ2n) is 4.49. The Hall–Kier alpha value is -0.0200. The molecule has 1 unspecified atom stereocenters. The van der Waals surface area contributed by atoms with E-state index in [0.717, 1.165) is 5.92 Å². The molecule has 0 aromatic rings. The van der Waals surface area contributed by atoms with Crippen LogP contribution in [0.2, 0.25) is 0 Å². The molecule has 0 aromatic heterocycles. The van der Waals surface area contributed by atoms with Crippen LogP contribution in [0.25, 0.3) is 0 Å².